The predicted octanol–water partition coefficient (Wildman–Crippen LogP) is 2.70. The SMILES string of the molecule is CCCc1csc(CN(C)C2CCNCC2)n1.Cl. The third kappa shape index (κ3) is 4.50. The lowest BCUT2D eigenvalue weighted by atomic mass is 10.1. The van der Waals surface area contributed by atoms with E-state index >= 15 is 0 Å². The van der Waals surface area contributed by atoms with Crippen molar-refractivity contribution < 1.29 is 0 Å². The van der Waals surface area contributed by atoms with Gasteiger partial charge in [0.15, 0.2) is 0 Å². The molecule has 0 bridgehead atoms. The lowest BCUT2D eigenvalue weighted by molar-refractivity contribution is 0.191. The van der Waals surface area contributed by atoms with Crippen molar-refractivity contribution in [3.63, 3.8) is 0 Å². The zero-order valence-corrected chi connectivity index (χ0v) is 12.9. The summed E-state index contributed by atoms with van der Waals surface area (Å²) >= 11 is 1.81. The van der Waals surface area contributed by atoms with Crippen LogP contribution in [0.1, 0.15) is 36.9 Å². The lowest BCUT2D eigenvalue weighted by Gasteiger charge is -2.30. The molecule has 1 N–H and O–H groups in total. The number of nitrogens with zero attached hydrogens (tertiary/aromatic N) is 2. The van der Waals surface area contributed by atoms with Crippen LogP contribution >= 0.6 is 23.7 Å². The van der Waals surface area contributed by atoms with Crippen molar-refractivity contribution in [1.82, 2.24) is 15.2 Å². The molecular formula is C13H24ClN3S. The second-order valence-corrected chi connectivity index (χ2v) is 5.82. The minimum Gasteiger partial charge on any atom is -0.317 e. The molecule has 1 fully saturated rings. The van der Waals surface area contributed by atoms with Crippen molar-refractivity contribution in [2.24, 2.45) is 0 Å². The van der Waals surface area contributed by atoms with Crippen molar-refractivity contribution in [2.45, 2.75) is 45.2 Å². The number of aromatic nitrogens is 1. The molecule has 0 unspecified atom stereocenters. The first kappa shape index (κ1) is 15.9. The van der Waals surface area contributed by atoms with Crippen LogP contribution in [0.3, 0.4) is 0 Å². The molecule has 5 heteroatoms. The van der Waals surface area contributed by atoms with Gasteiger partial charge < -0.3 is 5.32 Å². The first-order valence-corrected chi connectivity index (χ1v) is 7.51. The first-order valence-electron chi connectivity index (χ1n) is 6.64. The maximum atomic E-state index is 4.70. The molecule has 104 valence electrons. The van der Waals surface area contributed by atoms with Crippen LogP contribution in [0, 0.1) is 0 Å². The standard InChI is InChI=1S/C13H23N3S.ClH/c1-3-4-11-10-17-13(15-11)9-16(2)12-5-7-14-8-6-12;/h10,12,14H,3-9H2,1-2H3;1H. The van der Waals surface area contributed by atoms with Gasteiger partial charge in [0.05, 0.1) is 12.2 Å². The number of rotatable bonds is 5. The monoisotopic (exact) mass is 289 g/mol. The van der Waals surface area contributed by atoms with Crippen molar-refractivity contribution in [2.75, 3.05) is 20.1 Å². The molecule has 2 heterocycles. The molecule has 1 saturated heterocycles. The molecular weight excluding hydrogens is 266 g/mol. The van der Waals surface area contributed by atoms with E-state index in [1.165, 1.54) is 30.0 Å². The molecule has 0 saturated carbocycles. The number of nitrogens with one attached hydrogen (secondary N) is 1. The van der Waals surface area contributed by atoms with Crippen molar-refractivity contribution >= 4 is 23.7 Å². The highest BCUT2D eigenvalue weighted by molar-refractivity contribution is 7.09. The first-order chi connectivity index (χ1) is 8.29. The smallest absolute Gasteiger partial charge is 0.107 e. The molecule has 3 nitrogen and oxygen atoms in total. The highest BCUT2D eigenvalue weighted by Crippen LogP contribution is 2.17. The Morgan fingerprint density at radius 3 is 2.83 bits per heavy atom. The summed E-state index contributed by atoms with van der Waals surface area (Å²) in [5, 5.41) is 6.90. The van der Waals surface area contributed by atoms with Crippen LogP contribution in [0.4, 0.5) is 0 Å². The van der Waals surface area contributed by atoms with Gasteiger partial charge in [0.25, 0.3) is 0 Å². The Bertz CT molecular complexity index is 337. The van der Waals surface area contributed by atoms with Crippen LogP contribution in [0.25, 0.3) is 0 Å². The molecule has 0 aliphatic carbocycles. The molecule has 1 aromatic rings. The molecule has 18 heavy (non-hydrogen) atoms. The van der Waals surface area contributed by atoms with E-state index in [1.807, 2.05) is 11.3 Å². The average Bonchev–Trinajstić information content (AvgIpc) is 2.78. The third-order valence-corrected chi connectivity index (χ3v) is 4.30. The lowest BCUT2D eigenvalue weighted by Crippen LogP contribution is -2.40. The van der Waals surface area contributed by atoms with Gasteiger partial charge in [-0.3, -0.25) is 4.90 Å². The number of aryl methyl sites for hydroxylation is 1. The van der Waals surface area contributed by atoms with E-state index in [4.69, 9.17) is 4.98 Å². The molecule has 0 radical (unpaired) electrons. The van der Waals surface area contributed by atoms with Gasteiger partial charge in [0.2, 0.25) is 0 Å². The summed E-state index contributed by atoms with van der Waals surface area (Å²) in [5.41, 5.74) is 1.27. The van der Waals surface area contributed by atoms with E-state index in [0.29, 0.717) is 0 Å². The summed E-state index contributed by atoms with van der Waals surface area (Å²) in [6, 6.07) is 0.731. The molecule has 1 aliphatic heterocycles. The van der Waals surface area contributed by atoms with E-state index in [1.54, 1.807) is 0 Å². The van der Waals surface area contributed by atoms with Gasteiger partial charge in [-0.15, -0.1) is 23.7 Å². The minimum atomic E-state index is 0. The molecule has 2 rings (SSSR count). The van der Waals surface area contributed by atoms with Gasteiger partial charge in [0, 0.05) is 11.4 Å². The Hall–Kier alpha value is -0.160. The van der Waals surface area contributed by atoms with Crippen LogP contribution in [0.2, 0.25) is 0 Å². The molecule has 1 aromatic heterocycles. The zero-order chi connectivity index (χ0) is 12.1. The Morgan fingerprint density at radius 1 is 1.44 bits per heavy atom. The van der Waals surface area contributed by atoms with E-state index in [2.05, 4.69) is 29.6 Å². The number of thiazole rings is 1. The van der Waals surface area contributed by atoms with Gasteiger partial charge in [-0.2, -0.15) is 0 Å². The van der Waals surface area contributed by atoms with Crippen LogP contribution in [0.5, 0.6) is 0 Å². The quantitative estimate of drug-likeness (QED) is 0.903. The van der Waals surface area contributed by atoms with Crippen LogP contribution in [0.15, 0.2) is 5.38 Å². The number of piperidine rings is 1. The summed E-state index contributed by atoms with van der Waals surface area (Å²) in [4.78, 5) is 7.16. The van der Waals surface area contributed by atoms with E-state index in [-0.39, 0.29) is 12.4 Å². The van der Waals surface area contributed by atoms with Crippen molar-refractivity contribution in [3.8, 4) is 0 Å². The summed E-state index contributed by atoms with van der Waals surface area (Å²) in [5.74, 6) is 0. The van der Waals surface area contributed by atoms with E-state index in [0.717, 1.165) is 32.1 Å². The predicted molar refractivity (Wildman–Crippen MR) is 80.7 cm³/mol. The highest BCUT2D eigenvalue weighted by atomic mass is 35.5. The second kappa shape index (κ2) is 8.10. The van der Waals surface area contributed by atoms with Crippen LogP contribution in [-0.4, -0.2) is 36.1 Å². The van der Waals surface area contributed by atoms with Gasteiger partial charge in [-0.05, 0) is 39.4 Å². The van der Waals surface area contributed by atoms with Gasteiger partial charge >= 0.3 is 0 Å². The summed E-state index contributed by atoms with van der Waals surface area (Å²) in [7, 11) is 2.23. The number of halogens is 1. The zero-order valence-electron chi connectivity index (χ0n) is 11.3. The summed E-state index contributed by atoms with van der Waals surface area (Å²) in [6.45, 7) is 5.54. The van der Waals surface area contributed by atoms with Crippen LogP contribution in [-0.2, 0) is 13.0 Å². The largest absolute Gasteiger partial charge is 0.317 e. The topological polar surface area (TPSA) is 28.2 Å². The van der Waals surface area contributed by atoms with Crippen molar-refractivity contribution in [1.29, 1.82) is 0 Å². The number of hydrogen-bond acceptors (Lipinski definition) is 4. The molecule has 0 atom stereocenters. The molecule has 1 aliphatic rings. The Labute approximate surface area is 120 Å². The Balaban J connectivity index is 0.00000162. The molecule has 0 aromatic carbocycles. The van der Waals surface area contributed by atoms with E-state index < -0.39 is 0 Å². The third-order valence-electron chi connectivity index (χ3n) is 3.42. The van der Waals surface area contributed by atoms with Gasteiger partial charge in [-0.25, -0.2) is 4.98 Å². The fourth-order valence-electron chi connectivity index (χ4n) is 2.38. The Morgan fingerprint density at radius 2 is 2.17 bits per heavy atom. The fraction of sp³-hybridized carbons (Fsp3) is 0.769. The van der Waals surface area contributed by atoms with Gasteiger partial charge in [-0.1, -0.05) is 13.3 Å². The summed E-state index contributed by atoms with van der Waals surface area (Å²) in [6.07, 6.45) is 4.84. The van der Waals surface area contributed by atoms with Crippen LogP contribution < -0.4 is 5.32 Å². The van der Waals surface area contributed by atoms with Gasteiger partial charge in [0.1, 0.15) is 5.01 Å². The Kier molecular flexibility index (Phi) is 7.15. The average molecular weight is 290 g/mol. The normalized spacial score (nSPS) is 16.8. The van der Waals surface area contributed by atoms with Crippen molar-refractivity contribution in [3.05, 3.63) is 16.1 Å². The summed E-state index contributed by atoms with van der Waals surface area (Å²) < 4.78 is 0. The van der Waals surface area contributed by atoms with E-state index in [9.17, 15) is 0 Å². The maximum Gasteiger partial charge on any atom is 0.107 e. The maximum absolute atomic E-state index is 4.70. The molecule has 0 spiro atoms. The fourth-order valence-corrected chi connectivity index (χ4v) is 3.27. The second-order valence-electron chi connectivity index (χ2n) is 4.88. The highest BCUT2D eigenvalue weighted by Gasteiger charge is 2.18. The number of hydrogen-bond donors (Lipinski definition) is 1. The minimum absolute atomic E-state index is 0. The molecule has 0 amide bonds.